The van der Waals surface area contributed by atoms with E-state index in [2.05, 4.69) is 31.5 Å². The molecule has 1 heterocycles. The van der Waals surface area contributed by atoms with E-state index in [1.54, 1.807) is 36.4 Å². The van der Waals surface area contributed by atoms with E-state index in [1.165, 1.54) is 6.20 Å². The van der Waals surface area contributed by atoms with Crippen molar-refractivity contribution in [2.75, 3.05) is 11.9 Å². The van der Waals surface area contributed by atoms with Gasteiger partial charge in [-0.05, 0) is 36.2 Å². The predicted molar refractivity (Wildman–Crippen MR) is 132 cm³/mol. The first-order valence-electron chi connectivity index (χ1n) is 8.92. The first-order chi connectivity index (χ1) is 13.3. The number of carbonyl (C=O) groups excluding carboxylic acids is 3. The molecule has 0 saturated carbocycles. The molecule has 7 nitrogen and oxygen atoms in total. The number of amides is 2. The third kappa shape index (κ3) is 7.90. The molecule has 0 bridgehead atoms. The zero-order chi connectivity index (χ0) is 20.7. The zero-order valence-corrected chi connectivity index (χ0v) is 21.6. The fourth-order valence-electron chi connectivity index (χ4n) is 2.44. The van der Waals surface area contributed by atoms with Crippen molar-refractivity contribution in [3.63, 3.8) is 0 Å². The van der Waals surface area contributed by atoms with Gasteiger partial charge in [-0.2, -0.15) is 0 Å². The molecule has 2 rings (SSSR count). The van der Waals surface area contributed by atoms with Crippen LogP contribution in [-0.4, -0.2) is 35.2 Å². The average molecular weight is 609 g/mol. The smallest absolute Gasteiger partial charge is 0.243 e. The maximum absolute atomic E-state index is 12.7. The van der Waals surface area contributed by atoms with E-state index < -0.39 is 11.9 Å². The molecule has 30 heavy (non-hydrogen) atoms. The second-order valence-corrected chi connectivity index (χ2v) is 7.33. The number of aromatic nitrogens is 1. The minimum absolute atomic E-state index is 0. The Morgan fingerprint density at radius 3 is 2.47 bits per heavy atom. The minimum atomic E-state index is -0.674. The van der Waals surface area contributed by atoms with Crippen molar-refractivity contribution in [1.29, 1.82) is 0 Å². The molecule has 1 unspecified atom stereocenters. The van der Waals surface area contributed by atoms with Crippen LogP contribution >= 0.6 is 49.9 Å². The van der Waals surface area contributed by atoms with Crippen molar-refractivity contribution in [2.24, 2.45) is 11.7 Å². The molecule has 0 saturated heterocycles. The van der Waals surface area contributed by atoms with Crippen molar-refractivity contribution >= 4 is 73.2 Å². The lowest BCUT2D eigenvalue weighted by atomic mass is 9.99. The lowest BCUT2D eigenvalue weighted by molar-refractivity contribution is -0.125. The summed E-state index contributed by atoms with van der Waals surface area (Å²) < 4.78 is 0.692. The Morgan fingerprint density at radius 1 is 1.17 bits per heavy atom. The SMILES string of the molecule is Br.Br.CCC(C)[C@H](N)C(=O)NCC(=O)Nc1ccc(Br)cc1C(=O)c1ccccn1. The van der Waals surface area contributed by atoms with Crippen LogP contribution in [0.15, 0.2) is 47.1 Å². The number of hydrogen-bond donors (Lipinski definition) is 3. The number of carbonyl (C=O) groups is 3. The number of halogens is 3. The van der Waals surface area contributed by atoms with Gasteiger partial charge in [-0.25, -0.2) is 0 Å². The average Bonchev–Trinajstić information content (AvgIpc) is 2.72. The summed E-state index contributed by atoms with van der Waals surface area (Å²) in [6, 6.07) is 9.30. The topological polar surface area (TPSA) is 114 Å². The van der Waals surface area contributed by atoms with Crippen LogP contribution in [0.25, 0.3) is 0 Å². The first-order valence-corrected chi connectivity index (χ1v) is 9.71. The van der Waals surface area contributed by atoms with Crippen LogP contribution in [0, 0.1) is 5.92 Å². The summed E-state index contributed by atoms with van der Waals surface area (Å²) in [5, 5.41) is 5.19. The second-order valence-electron chi connectivity index (χ2n) is 6.41. The highest BCUT2D eigenvalue weighted by Crippen LogP contribution is 2.23. The van der Waals surface area contributed by atoms with E-state index in [1.807, 2.05) is 13.8 Å². The molecule has 1 aromatic carbocycles. The molecular formula is C20H25Br3N4O3. The summed E-state index contributed by atoms with van der Waals surface area (Å²) >= 11 is 3.33. The molecule has 2 amide bonds. The number of nitrogens with zero attached hydrogens (tertiary/aromatic N) is 1. The van der Waals surface area contributed by atoms with Gasteiger partial charge in [0.1, 0.15) is 5.69 Å². The summed E-state index contributed by atoms with van der Waals surface area (Å²) in [7, 11) is 0. The van der Waals surface area contributed by atoms with E-state index in [4.69, 9.17) is 5.73 Å². The number of rotatable bonds is 8. The molecule has 2 atom stereocenters. The number of nitrogens with two attached hydrogens (primary N) is 1. The van der Waals surface area contributed by atoms with Gasteiger partial charge in [0, 0.05) is 16.2 Å². The molecule has 4 N–H and O–H groups in total. The number of ketones is 1. The van der Waals surface area contributed by atoms with Gasteiger partial charge in [0.15, 0.2) is 0 Å². The van der Waals surface area contributed by atoms with Crippen LogP contribution in [0.1, 0.15) is 36.3 Å². The molecule has 0 aliphatic rings. The summed E-state index contributed by atoms with van der Waals surface area (Å²) in [4.78, 5) is 41.1. The maximum Gasteiger partial charge on any atom is 0.243 e. The summed E-state index contributed by atoms with van der Waals surface area (Å²) in [5.41, 5.74) is 6.75. The lowest BCUT2D eigenvalue weighted by Crippen LogP contribution is -2.46. The molecule has 0 aliphatic heterocycles. The Hall–Kier alpha value is -1.62. The summed E-state index contributed by atoms with van der Waals surface area (Å²) in [6.45, 7) is 3.58. The normalized spacial score (nSPS) is 11.9. The largest absolute Gasteiger partial charge is 0.346 e. The molecular weight excluding hydrogens is 584 g/mol. The Morgan fingerprint density at radius 2 is 1.87 bits per heavy atom. The van der Waals surface area contributed by atoms with Gasteiger partial charge < -0.3 is 16.4 Å². The Balaban J connectivity index is 0.00000420. The van der Waals surface area contributed by atoms with Gasteiger partial charge in [-0.3, -0.25) is 19.4 Å². The zero-order valence-electron chi connectivity index (χ0n) is 16.6. The van der Waals surface area contributed by atoms with Crippen LogP contribution in [0.4, 0.5) is 5.69 Å². The van der Waals surface area contributed by atoms with Crippen LogP contribution in [0.5, 0.6) is 0 Å². The Bertz CT molecular complexity index is 866. The van der Waals surface area contributed by atoms with Crippen LogP contribution < -0.4 is 16.4 Å². The second kappa shape index (κ2) is 13.6. The molecule has 164 valence electrons. The van der Waals surface area contributed by atoms with Crippen LogP contribution in [-0.2, 0) is 9.59 Å². The highest BCUT2D eigenvalue weighted by atomic mass is 79.9. The maximum atomic E-state index is 12.7. The highest BCUT2D eigenvalue weighted by Gasteiger charge is 2.21. The first kappa shape index (κ1) is 28.4. The van der Waals surface area contributed by atoms with Crippen molar-refractivity contribution in [3.05, 3.63) is 58.3 Å². The number of benzene rings is 1. The predicted octanol–water partition coefficient (Wildman–Crippen LogP) is 3.66. The van der Waals surface area contributed by atoms with Gasteiger partial charge >= 0.3 is 0 Å². The van der Waals surface area contributed by atoms with Gasteiger partial charge in [-0.1, -0.05) is 42.3 Å². The van der Waals surface area contributed by atoms with E-state index in [0.29, 0.717) is 15.7 Å². The molecule has 2 aromatic rings. The van der Waals surface area contributed by atoms with Gasteiger partial charge in [-0.15, -0.1) is 34.0 Å². The Labute approximate surface area is 205 Å². The fourth-order valence-corrected chi connectivity index (χ4v) is 2.80. The number of anilines is 1. The van der Waals surface area contributed by atoms with E-state index in [-0.39, 0.29) is 63.8 Å². The van der Waals surface area contributed by atoms with E-state index >= 15 is 0 Å². The molecule has 10 heteroatoms. The molecule has 0 aliphatic carbocycles. The van der Waals surface area contributed by atoms with E-state index in [0.717, 1.165) is 6.42 Å². The highest BCUT2D eigenvalue weighted by molar-refractivity contribution is 9.10. The molecule has 0 spiro atoms. The van der Waals surface area contributed by atoms with Crippen LogP contribution in [0.3, 0.4) is 0 Å². The van der Waals surface area contributed by atoms with Crippen molar-refractivity contribution in [2.45, 2.75) is 26.3 Å². The fraction of sp³-hybridized carbons (Fsp3) is 0.300. The van der Waals surface area contributed by atoms with Gasteiger partial charge in [0.25, 0.3) is 0 Å². The van der Waals surface area contributed by atoms with Crippen LogP contribution in [0.2, 0.25) is 0 Å². The summed E-state index contributed by atoms with van der Waals surface area (Å²) in [5.74, 6) is -1.15. The van der Waals surface area contributed by atoms with Crippen molar-refractivity contribution in [1.82, 2.24) is 10.3 Å². The standard InChI is InChI=1S/C20H23BrN4O3.2BrH/c1-3-12(2)18(22)20(28)24-11-17(26)25-15-8-7-13(21)10-14(15)19(27)16-6-4-5-9-23-16;;/h4-10,12,18H,3,11,22H2,1-2H3,(H,24,28)(H,25,26);2*1H/t12?,18-;;/m0../s1. The number of nitrogens with one attached hydrogen (secondary N) is 2. The number of pyridine rings is 1. The lowest BCUT2D eigenvalue weighted by Gasteiger charge is -2.17. The minimum Gasteiger partial charge on any atom is -0.346 e. The Kier molecular flexibility index (Phi) is 12.9. The number of hydrogen-bond acceptors (Lipinski definition) is 5. The molecule has 0 radical (unpaired) electrons. The van der Waals surface area contributed by atoms with Crippen molar-refractivity contribution < 1.29 is 14.4 Å². The monoisotopic (exact) mass is 606 g/mol. The quantitative estimate of drug-likeness (QED) is 0.396. The molecule has 0 fully saturated rings. The van der Waals surface area contributed by atoms with Crippen molar-refractivity contribution in [3.8, 4) is 0 Å². The van der Waals surface area contributed by atoms with E-state index in [9.17, 15) is 14.4 Å². The van der Waals surface area contributed by atoms with Gasteiger partial charge in [0.2, 0.25) is 17.6 Å². The third-order valence-corrected chi connectivity index (χ3v) is 4.87. The summed E-state index contributed by atoms with van der Waals surface area (Å²) in [6.07, 6.45) is 2.29. The van der Waals surface area contributed by atoms with Gasteiger partial charge in [0.05, 0.1) is 18.3 Å². The third-order valence-electron chi connectivity index (χ3n) is 4.38. The molecule has 1 aromatic heterocycles.